The molecule has 1 aliphatic heterocycles. The fourth-order valence-corrected chi connectivity index (χ4v) is 3.10. The van der Waals surface area contributed by atoms with Gasteiger partial charge in [0.15, 0.2) is 0 Å². The maximum Gasteiger partial charge on any atom is 0.317 e. The summed E-state index contributed by atoms with van der Waals surface area (Å²) in [6.07, 6.45) is -0.646. The number of amides is 1. The summed E-state index contributed by atoms with van der Waals surface area (Å²) in [5.41, 5.74) is 0. The molecule has 1 aromatic heterocycles. The second-order valence-electron chi connectivity index (χ2n) is 5.37. The van der Waals surface area contributed by atoms with Crippen LogP contribution in [0, 0.1) is 0 Å². The predicted octanol–water partition coefficient (Wildman–Crippen LogP) is -0.573. The van der Waals surface area contributed by atoms with Crippen molar-refractivity contribution in [3.05, 3.63) is 22.4 Å². The highest BCUT2D eigenvalue weighted by Gasteiger charge is 2.23. The summed E-state index contributed by atoms with van der Waals surface area (Å²) < 4.78 is 0. The number of aliphatic hydroxyl groups excluding tert-OH is 1. The highest BCUT2D eigenvalue weighted by molar-refractivity contribution is 7.09. The molecule has 7 nitrogen and oxygen atoms in total. The van der Waals surface area contributed by atoms with Gasteiger partial charge in [0.05, 0.1) is 25.7 Å². The molecule has 0 aromatic carbocycles. The molecule has 8 heteroatoms. The summed E-state index contributed by atoms with van der Waals surface area (Å²) in [5, 5.41) is 23.6. The molecule has 1 unspecified atom stereocenters. The number of carboxylic acid groups (broad SMARTS) is 1. The lowest BCUT2D eigenvalue weighted by Gasteiger charge is -2.20. The number of carbonyl (C=O) groups is 2. The van der Waals surface area contributed by atoms with Crippen molar-refractivity contribution in [1.82, 2.24) is 15.1 Å². The van der Waals surface area contributed by atoms with Gasteiger partial charge in [-0.05, 0) is 11.4 Å². The molecule has 22 heavy (non-hydrogen) atoms. The summed E-state index contributed by atoms with van der Waals surface area (Å²) >= 11 is 1.59. The largest absolute Gasteiger partial charge is 0.480 e. The van der Waals surface area contributed by atoms with Crippen molar-refractivity contribution in [1.29, 1.82) is 0 Å². The average molecular weight is 327 g/mol. The number of aliphatic hydroxyl groups is 1. The SMILES string of the molecule is O=C(O)CN1CCN(CC(=O)NCc2cccs2)CC(O)C1. The number of nitrogens with zero attached hydrogens (tertiary/aromatic N) is 2. The van der Waals surface area contributed by atoms with Gasteiger partial charge in [0.25, 0.3) is 0 Å². The molecule has 1 fully saturated rings. The Kier molecular flexibility index (Phi) is 6.32. The van der Waals surface area contributed by atoms with Crippen LogP contribution in [0.25, 0.3) is 0 Å². The molecule has 122 valence electrons. The highest BCUT2D eigenvalue weighted by atomic mass is 32.1. The lowest BCUT2D eigenvalue weighted by atomic mass is 10.3. The molecule has 0 spiro atoms. The minimum absolute atomic E-state index is 0.0878. The van der Waals surface area contributed by atoms with E-state index in [4.69, 9.17) is 5.11 Å². The first-order chi connectivity index (χ1) is 10.5. The fraction of sp³-hybridized carbons (Fsp3) is 0.571. The lowest BCUT2D eigenvalue weighted by molar-refractivity contribution is -0.138. The zero-order chi connectivity index (χ0) is 15.9. The maximum absolute atomic E-state index is 11.9. The van der Waals surface area contributed by atoms with Crippen LogP contribution in [-0.4, -0.2) is 77.3 Å². The van der Waals surface area contributed by atoms with Crippen molar-refractivity contribution in [3.8, 4) is 0 Å². The Bertz CT molecular complexity index is 494. The van der Waals surface area contributed by atoms with Gasteiger partial charge in [-0.3, -0.25) is 19.4 Å². The van der Waals surface area contributed by atoms with Crippen LogP contribution >= 0.6 is 11.3 Å². The van der Waals surface area contributed by atoms with E-state index in [2.05, 4.69) is 5.32 Å². The van der Waals surface area contributed by atoms with Gasteiger partial charge in [-0.25, -0.2) is 0 Å². The number of thiophene rings is 1. The molecule has 1 saturated heterocycles. The van der Waals surface area contributed by atoms with Crippen molar-refractivity contribution in [2.75, 3.05) is 39.3 Å². The van der Waals surface area contributed by atoms with Crippen molar-refractivity contribution in [3.63, 3.8) is 0 Å². The van der Waals surface area contributed by atoms with Crippen LogP contribution in [0.15, 0.2) is 17.5 Å². The van der Waals surface area contributed by atoms with Crippen LogP contribution in [0.5, 0.6) is 0 Å². The number of aliphatic carboxylic acids is 1. The molecule has 0 bridgehead atoms. The van der Waals surface area contributed by atoms with E-state index >= 15 is 0 Å². The molecule has 1 amide bonds. The monoisotopic (exact) mass is 327 g/mol. The summed E-state index contributed by atoms with van der Waals surface area (Å²) in [7, 11) is 0. The zero-order valence-electron chi connectivity index (χ0n) is 12.3. The van der Waals surface area contributed by atoms with E-state index in [0.717, 1.165) is 4.88 Å². The topological polar surface area (TPSA) is 93.1 Å². The van der Waals surface area contributed by atoms with Crippen molar-refractivity contribution >= 4 is 23.2 Å². The normalized spacial score (nSPS) is 20.5. The van der Waals surface area contributed by atoms with Gasteiger partial charge in [0.1, 0.15) is 0 Å². The lowest BCUT2D eigenvalue weighted by Crippen LogP contribution is -2.40. The van der Waals surface area contributed by atoms with Crippen LogP contribution < -0.4 is 5.32 Å². The number of β-amino-alcohol motifs (C(OH)–C–C–N with tert-alkyl or cyclic N) is 1. The van der Waals surface area contributed by atoms with Crippen LogP contribution in [0.2, 0.25) is 0 Å². The molecular weight excluding hydrogens is 306 g/mol. The minimum atomic E-state index is -0.908. The van der Waals surface area contributed by atoms with Crippen molar-refractivity contribution < 1.29 is 19.8 Å². The first kappa shape index (κ1) is 16.9. The van der Waals surface area contributed by atoms with Gasteiger partial charge in [0, 0.05) is 31.1 Å². The maximum atomic E-state index is 11.9. The Morgan fingerprint density at radius 1 is 1.27 bits per heavy atom. The first-order valence-corrected chi connectivity index (χ1v) is 8.04. The van der Waals surface area contributed by atoms with Crippen molar-refractivity contribution in [2.45, 2.75) is 12.6 Å². The van der Waals surface area contributed by atoms with E-state index in [1.807, 2.05) is 22.4 Å². The predicted molar refractivity (Wildman–Crippen MR) is 82.7 cm³/mol. The summed E-state index contributed by atoms with van der Waals surface area (Å²) in [6, 6.07) is 3.90. The van der Waals surface area contributed by atoms with Gasteiger partial charge < -0.3 is 15.5 Å². The molecule has 1 atom stereocenters. The van der Waals surface area contributed by atoms with Crippen LogP contribution in [0.3, 0.4) is 0 Å². The second kappa shape index (κ2) is 8.23. The van der Waals surface area contributed by atoms with E-state index in [-0.39, 0.29) is 19.0 Å². The van der Waals surface area contributed by atoms with E-state index in [9.17, 15) is 14.7 Å². The number of hydrogen-bond donors (Lipinski definition) is 3. The van der Waals surface area contributed by atoms with Gasteiger partial charge in [-0.2, -0.15) is 0 Å². The number of nitrogens with one attached hydrogen (secondary N) is 1. The van der Waals surface area contributed by atoms with Gasteiger partial charge >= 0.3 is 5.97 Å². The smallest absolute Gasteiger partial charge is 0.317 e. The standard InChI is InChI=1S/C14H21N3O4S/c18-11-7-16(3-4-17(8-11)10-14(20)21)9-13(19)15-6-12-2-1-5-22-12/h1-2,5,11,18H,3-4,6-10H2,(H,15,19)(H,20,21). The van der Waals surface area contributed by atoms with Gasteiger partial charge in [-0.1, -0.05) is 6.07 Å². The van der Waals surface area contributed by atoms with Gasteiger partial charge in [0.2, 0.25) is 5.91 Å². The number of carboxylic acids is 1. The minimum Gasteiger partial charge on any atom is -0.480 e. The number of hydrogen-bond acceptors (Lipinski definition) is 6. The van der Waals surface area contributed by atoms with E-state index in [0.29, 0.717) is 32.7 Å². The Labute approximate surface area is 133 Å². The number of carbonyl (C=O) groups excluding carboxylic acids is 1. The average Bonchev–Trinajstić information content (AvgIpc) is 2.89. The Morgan fingerprint density at radius 2 is 1.95 bits per heavy atom. The summed E-state index contributed by atoms with van der Waals surface area (Å²) in [4.78, 5) is 27.3. The Morgan fingerprint density at radius 3 is 2.55 bits per heavy atom. The van der Waals surface area contributed by atoms with Crippen LogP contribution in [0.1, 0.15) is 4.88 Å². The molecule has 1 aliphatic rings. The molecule has 1 aromatic rings. The van der Waals surface area contributed by atoms with Crippen LogP contribution in [0.4, 0.5) is 0 Å². The molecule has 3 N–H and O–H groups in total. The zero-order valence-corrected chi connectivity index (χ0v) is 13.1. The quantitative estimate of drug-likeness (QED) is 0.648. The first-order valence-electron chi connectivity index (χ1n) is 7.16. The molecular formula is C14H21N3O4S. The van der Waals surface area contributed by atoms with E-state index in [1.165, 1.54) is 0 Å². The summed E-state index contributed by atoms with van der Waals surface area (Å²) in [5.74, 6) is -0.998. The molecule has 0 radical (unpaired) electrons. The van der Waals surface area contributed by atoms with E-state index in [1.54, 1.807) is 16.2 Å². The van der Waals surface area contributed by atoms with Crippen molar-refractivity contribution in [2.24, 2.45) is 0 Å². The number of rotatable bonds is 6. The van der Waals surface area contributed by atoms with E-state index < -0.39 is 12.1 Å². The molecule has 0 aliphatic carbocycles. The third-order valence-electron chi connectivity index (χ3n) is 3.44. The third kappa shape index (κ3) is 5.72. The second-order valence-corrected chi connectivity index (χ2v) is 6.41. The molecule has 2 rings (SSSR count). The third-order valence-corrected chi connectivity index (χ3v) is 4.31. The fourth-order valence-electron chi connectivity index (χ4n) is 2.46. The molecule has 0 saturated carbocycles. The molecule has 2 heterocycles. The Balaban J connectivity index is 1.77. The summed E-state index contributed by atoms with van der Waals surface area (Å²) in [6.45, 7) is 2.43. The Hall–Kier alpha value is -1.48. The van der Waals surface area contributed by atoms with Crippen LogP contribution in [-0.2, 0) is 16.1 Å². The highest BCUT2D eigenvalue weighted by Crippen LogP contribution is 2.07. The van der Waals surface area contributed by atoms with Gasteiger partial charge in [-0.15, -0.1) is 11.3 Å².